The molecular formula is C13H19NO4. The summed E-state index contributed by atoms with van der Waals surface area (Å²) in [6.07, 6.45) is 2.38. The zero-order chi connectivity index (χ0) is 12.8. The van der Waals surface area contributed by atoms with Crippen LogP contribution in [0.4, 0.5) is 0 Å². The molecule has 0 saturated carbocycles. The minimum atomic E-state index is -0.818. The third-order valence-corrected chi connectivity index (χ3v) is 4.28. The van der Waals surface area contributed by atoms with E-state index in [4.69, 9.17) is 19.5 Å². The highest BCUT2D eigenvalue weighted by Crippen LogP contribution is 2.46. The third kappa shape index (κ3) is 1.94. The first kappa shape index (κ1) is 12.4. The van der Waals surface area contributed by atoms with Gasteiger partial charge in [0.15, 0.2) is 6.29 Å². The van der Waals surface area contributed by atoms with Gasteiger partial charge in [-0.1, -0.05) is 0 Å². The highest BCUT2D eigenvalue weighted by molar-refractivity contribution is 5.04. The average molecular weight is 253 g/mol. The lowest BCUT2D eigenvalue weighted by Gasteiger charge is -2.43. The van der Waals surface area contributed by atoms with Crippen LogP contribution in [0.25, 0.3) is 0 Å². The van der Waals surface area contributed by atoms with E-state index in [0.29, 0.717) is 13.0 Å². The molecule has 0 aromatic rings. The number of hydrogen-bond donors (Lipinski definition) is 1. The number of rotatable bonds is 2. The molecule has 5 heteroatoms. The largest absolute Gasteiger partial charge is 0.366 e. The van der Waals surface area contributed by atoms with Gasteiger partial charge in [-0.25, -0.2) is 0 Å². The van der Waals surface area contributed by atoms with Gasteiger partial charge in [0, 0.05) is 12.3 Å². The van der Waals surface area contributed by atoms with Gasteiger partial charge < -0.3 is 19.3 Å². The van der Waals surface area contributed by atoms with Crippen molar-refractivity contribution in [2.45, 2.75) is 62.8 Å². The second kappa shape index (κ2) is 4.46. The molecule has 3 heterocycles. The highest BCUT2D eigenvalue weighted by atomic mass is 16.7. The maximum Gasteiger partial charge on any atom is 0.181 e. The molecule has 1 N–H and O–H groups in total. The van der Waals surface area contributed by atoms with Crippen molar-refractivity contribution >= 4 is 0 Å². The van der Waals surface area contributed by atoms with Crippen LogP contribution in [0, 0.1) is 17.2 Å². The molecule has 0 aromatic carbocycles. The van der Waals surface area contributed by atoms with Crippen molar-refractivity contribution in [1.82, 2.24) is 0 Å². The monoisotopic (exact) mass is 253 g/mol. The Balaban J connectivity index is 1.69. The molecule has 3 saturated heterocycles. The van der Waals surface area contributed by atoms with Gasteiger partial charge >= 0.3 is 0 Å². The van der Waals surface area contributed by atoms with E-state index in [1.54, 1.807) is 0 Å². The molecule has 1 unspecified atom stereocenters. The first-order chi connectivity index (χ1) is 8.63. The van der Waals surface area contributed by atoms with Crippen LogP contribution in [0.2, 0.25) is 0 Å². The Labute approximate surface area is 107 Å². The van der Waals surface area contributed by atoms with Gasteiger partial charge in [0.05, 0.1) is 24.9 Å². The first-order valence-corrected chi connectivity index (χ1v) is 6.65. The zero-order valence-electron chi connectivity index (χ0n) is 10.5. The van der Waals surface area contributed by atoms with Crippen LogP contribution in [-0.4, -0.2) is 41.9 Å². The fourth-order valence-corrected chi connectivity index (χ4v) is 3.34. The Morgan fingerprint density at radius 1 is 1.50 bits per heavy atom. The summed E-state index contributed by atoms with van der Waals surface area (Å²) in [6, 6.07) is 2.25. The Morgan fingerprint density at radius 2 is 2.33 bits per heavy atom. The van der Waals surface area contributed by atoms with Gasteiger partial charge in [-0.15, -0.1) is 0 Å². The van der Waals surface area contributed by atoms with E-state index in [1.165, 1.54) is 0 Å². The number of fused-ring (bicyclic) bond motifs is 1. The first-order valence-electron chi connectivity index (χ1n) is 6.65. The van der Waals surface area contributed by atoms with Crippen LogP contribution in [-0.2, 0) is 14.2 Å². The van der Waals surface area contributed by atoms with Gasteiger partial charge in [0.25, 0.3) is 0 Å². The summed E-state index contributed by atoms with van der Waals surface area (Å²) in [5.41, 5.74) is -0.387. The number of hydrogen-bond acceptors (Lipinski definition) is 5. The number of nitriles is 1. The summed E-state index contributed by atoms with van der Waals surface area (Å²) in [4.78, 5) is 0. The van der Waals surface area contributed by atoms with Crippen molar-refractivity contribution in [2.24, 2.45) is 5.92 Å². The van der Waals surface area contributed by atoms with Crippen LogP contribution in [0.1, 0.15) is 32.6 Å². The molecule has 18 heavy (non-hydrogen) atoms. The van der Waals surface area contributed by atoms with Crippen molar-refractivity contribution in [3.05, 3.63) is 0 Å². The molecule has 3 rings (SSSR count). The van der Waals surface area contributed by atoms with Gasteiger partial charge in [0.2, 0.25) is 0 Å². The fraction of sp³-hybridized carbons (Fsp3) is 0.923. The van der Waals surface area contributed by atoms with Crippen LogP contribution >= 0.6 is 0 Å². The lowest BCUT2D eigenvalue weighted by atomic mass is 9.84. The van der Waals surface area contributed by atoms with E-state index in [0.717, 1.165) is 19.3 Å². The molecule has 3 aliphatic rings. The van der Waals surface area contributed by atoms with Gasteiger partial charge in [-0.05, 0) is 26.2 Å². The van der Waals surface area contributed by atoms with Crippen LogP contribution < -0.4 is 0 Å². The fourth-order valence-electron chi connectivity index (χ4n) is 3.34. The normalized spacial score (nSPS) is 48.3. The number of aliphatic hydroxyl groups is 1. The molecule has 0 aromatic heterocycles. The summed E-state index contributed by atoms with van der Waals surface area (Å²) in [5, 5.41) is 18.5. The van der Waals surface area contributed by atoms with Crippen molar-refractivity contribution in [2.75, 3.05) is 6.61 Å². The standard InChI is InChI=1S/C13H19NO4/c1-8(6-14)4-9-2-3-11-13(18-9)5-10(17-11)12(15)16-7-13/h8-12,15H,2-5,7H2,1H3/t8-,9-,10-,11+,12-,13?/m1/s1. The maximum atomic E-state index is 9.64. The van der Waals surface area contributed by atoms with Crippen molar-refractivity contribution in [3.8, 4) is 6.07 Å². The molecule has 3 fully saturated rings. The lowest BCUT2D eigenvalue weighted by Crippen LogP contribution is -2.54. The van der Waals surface area contributed by atoms with Crippen molar-refractivity contribution in [1.29, 1.82) is 5.26 Å². The molecular weight excluding hydrogens is 234 g/mol. The molecule has 1 spiro atoms. The van der Waals surface area contributed by atoms with E-state index >= 15 is 0 Å². The molecule has 2 bridgehead atoms. The molecule has 3 aliphatic heterocycles. The predicted molar refractivity (Wildman–Crippen MR) is 61.5 cm³/mol. The van der Waals surface area contributed by atoms with Crippen LogP contribution in [0.15, 0.2) is 0 Å². The SMILES string of the molecule is C[C@@H](C#N)C[C@H]1CC[C@@H]2O[C@@H]3CC2(CO[C@H]3O)O1. The van der Waals surface area contributed by atoms with E-state index in [2.05, 4.69) is 6.07 Å². The second-order valence-corrected chi connectivity index (χ2v) is 5.72. The van der Waals surface area contributed by atoms with E-state index in [-0.39, 0.29) is 29.8 Å². The molecule has 0 aliphatic carbocycles. The number of nitrogens with zero attached hydrogens (tertiary/aromatic N) is 1. The summed E-state index contributed by atoms with van der Waals surface area (Å²) in [6.45, 7) is 2.31. The Bertz CT molecular complexity index is 368. The Hall–Kier alpha value is -0.670. The summed E-state index contributed by atoms with van der Waals surface area (Å²) >= 11 is 0. The minimum absolute atomic E-state index is 0.0103. The van der Waals surface area contributed by atoms with E-state index in [9.17, 15) is 5.11 Å². The van der Waals surface area contributed by atoms with Gasteiger partial charge in [-0.3, -0.25) is 0 Å². The molecule has 0 amide bonds. The zero-order valence-corrected chi connectivity index (χ0v) is 10.5. The van der Waals surface area contributed by atoms with E-state index < -0.39 is 6.29 Å². The van der Waals surface area contributed by atoms with Crippen molar-refractivity contribution in [3.63, 3.8) is 0 Å². The third-order valence-electron chi connectivity index (χ3n) is 4.28. The van der Waals surface area contributed by atoms with Gasteiger partial charge in [-0.2, -0.15) is 5.26 Å². The van der Waals surface area contributed by atoms with E-state index in [1.807, 2.05) is 6.92 Å². The lowest BCUT2D eigenvalue weighted by molar-refractivity contribution is -0.223. The smallest absolute Gasteiger partial charge is 0.181 e. The molecule has 5 nitrogen and oxygen atoms in total. The van der Waals surface area contributed by atoms with Crippen LogP contribution in [0.3, 0.4) is 0 Å². The summed E-state index contributed by atoms with van der Waals surface area (Å²) < 4.78 is 17.3. The quantitative estimate of drug-likeness (QED) is 0.793. The van der Waals surface area contributed by atoms with Crippen molar-refractivity contribution < 1.29 is 19.3 Å². The summed E-state index contributed by atoms with van der Waals surface area (Å²) in [5.74, 6) is 0.0103. The summed E-state index contributed by atoms with van der Waals surface area (Å²) in [7, 11) is 0. The number of aliphatic hydroxyl groups excluding tert-OH is 1. The molecule has 6 atom stereocenters. The molecule has 0 radical (unpaired) electrons. The second-order valence-electron chi connectivity index (χ2n) is 5.72. The maximum absolute atomic E-state index is 9.64. The van der Waals surface area contributed by atoms with Gasteiger partial charge in [0.1, 0.15) is 11.7 Å². The topological polar surface area (TPSA) is 71.7 Å². The predicted octanol–water partition coefficient (Wildman–Crippen LogP) is 0.960. The highest BCUT2D eigenvalue weighted by Gasteiger charge is 2.58. The Kier molecular flexibility index (Phi) is 3.07. The Morgan fingerprint density at radius 3 is 3.11 bits per heavy atom. The molecule has 100 valence electrons. The minimum Gasteiger partial charge on any atom is -0.366 e. The van der Waals surface area contributed by atoms with Crippen LogP contribution in [0.5, 0.6) is 0 Å². The average Bonchev–Trinajstić information content (AvgIpc) is 2.68. The number of ether oxygens (including phenoxy) is 3.